The lowest BCUT2D eigenvalue weighted by Gasteiger charge is -2.36. The molecule has 0 unspecified atom stereocenters. The maximum atomic E-state index is 9.40. The molecule has 1 saturated carbocycles. The molecule has 3 heteroatoms. The van der Waals surface area contributed by atoms with Crippen LogP contribution in [-0.4, -0.2) is 35.0 Å². The molecule has 21 heavy (non-hydrogen) atoms. The summed E-state index contributed by atoms with van der Waals surface area (Å²) in [4.78, 5) is 2.43. The van der Waals surface area contributed by atoms with Gasteiger partial charge in [0.15, 0.2) is 0 Å². The number of halogens is 1. The van der Waals surface area contributed by atoms with Crippen LogP contribution in [0.25, 0.3) is 0 Å². The molecule has 0 heterocycles. The van der Waals surface area contributed by atoms with Crippen LogP contribution in [0.4, 0.5) is 0 Å². The van der Waals surface area contributed by atoms with Crippen molar-refractivity contribution in [1.82, 2.24) is 4.90 Å². The molecule has 0 bridgehead atoms. The molecule has 118 valence electrons. The highest BCUT2D eigenvalue weighted by atomic mass is 79.9. The Bertz CT molecular complexity index is 387. The quantitative estimate of drug-likeness (QED) is 0.586. The lowest BCUT2D eigenvalue weighted by Crippen LogP contribution is -2.40. The van der Waals surface area contributed by atoms with E-state index in [1.54, 1.807) is 0 Å². The number of hydrogen-bond acceptors (Lipinski definition) is 2. The maximum Gasteiger partial charge on any atom is 0.0558 e. The molecule has 0 atom stereocenters. The molecule has 1 fully saturated rings. The average Bonchev–Trinajstić information content (AvgIpc) is 2.75. The molecule has 1 aromatic rings. The topological polar surface area (TPSA) is 23.5 Å². The largest absolute Gasteiger partial charge is 0.395 e. The Morgan fingerprint density at radius 3 is 2.29 bits per heavy atom. The first-order valence-corrected chi connectivity index (χ1v) is 9.33. The molecular weight excluding hydrogens is 326 g/mol. The van der Waals surface area contributed by atoms with Gasteiger partial charge in [-0.25, -0.2) is 0 Å². The first kappa shape index (κ1) is 17.0. The molecule has 0 radical (unpaired) electrons. The SMILES string of the molecule is OCCN(Cc1ccccc1)CC1(CBr)CCCCCC1. The van der Waals surface area contributed by atoms with Gasteiger partial charge in [0.05, 0.1) is 6.61 Å². The molecule has 2 nitrogen and oxygen atoms in total. The molecule has 0 aromatic heterocycles. The summed E-state index contributed by atoms with van der Waals surface area (Å²) in [5.74, 6) is 0. The van der Waals surface area contributed by atoms with Gasteiger partial charge in [0.2, 0.25) is 0 Å². The zero-order valence-electron chi connectivity index (χ0n) is 12.9. The molecule has 1 N–H and O–H groups in total. The Kier molecular flexibility index (Phi) is 7.21. The number of benzene rings is 1. The van der Waals surface area contributed by atoms with Crippen LogP contribution in [0.5, 0.6) is 0 Å². The van der Waals surface area contributed by atoms with E-state index < -0.39 is 0 Å². The highest BCUT2D eigenvalue weighted by Crippen LogP contribution is 2.37. The fourth-order valence-electron chi connectivity index (χ4n) is 3.48. The van der Waals surface area contributed by atoms with Crippen LogP contribution in [0.15, 0.2) is 30.3 Å². The normalized spacial score (nSPS) is 18.6. The maximum absolute atomic E-state index is 9.40. The van der Waals surface area contributed by atoms with Crippen molar-refractivity contribution in [1.29, 1.82) is 0 Å². The fraction of sp³-hybridized carbons (Fsp3) is 0.667. The van der Waals surface area contributed by atoms with Crippen LogP contribution >= 0.6 is 15.9 Å². The third-order valence-corrected chi connectivity index (χ3v) is 5.86. The van der Waals surface area contributed by atoms with E-state index in [9.17, 15) is 5.11 Å². The standard InChI is InChI=1S/C18H28BrNO/c19-15-18(10-6-1-2-7-11-18)16-20(12-13-21)14-17-8-4-3-5-9-17/h3-5,8-9,21H,1-2,6-7,10-16H2. The van der Waals surface area contributed by atoms with Crippen LogP contribution in [-0.2, 0) is 6.54 Å². The molecule has 1 aromatic carbocycles. The summed E-state index contributed by atoms with van der Waals surface area (Å²) in [6.07, 6.45) is 8.10. The van der Waals surface area contributed by atoms with Crippen molar-refractivity contribution in [2.75, 3.05) is 25.0 Å². The Hall–Kier alpha value is -0.380. The van der Waals surface area contributed by atoms with Crippen molar-refractivity contribution in [3.05, 3.63) is 35.9 Å². The molecule has 2 rings (SSSR count). The highest BCUT2D eigenvalue weighted by molar-refractivity contribution is 9.09. The second-order valence-electron chi connectivity index (χ2n) is 6.47. The van der Waals surface area contributed by atoms with Crippen LogP contribution in [0.1, 0.15) is 44.1 Å². The minimum Gasteiger partial charge on any atom is -0.395 e. The van der Waals surface area contributed by atoms with Gasteiger partial charge >= 0.3 is 0 Å². The van der Waals surface area contributed by atoms with Crippen LogP contribution in [0.3, 0.4) is 0 Å². The smallest absolute Gasteiger partial charge is 0.0558 e. The average molecular weight is 354 g/mol. The first-order chi connectivity index (χ1) is 10.3. The first-order valence-electron chi connectivity index (χ1n) is 8.21. The molecule has 1 aliphatic rings. The Balaban J connectivity index is 2.02. The van der Waals surface area contributed by atoms with Gasteiger partial charge in [-0.3, -0.25) is 4.90 Å². The second-order valence-corrected chi connectivity index (χ2v) is 7.03. The van der Waals surface area contributed by atoms with E-state index in [0.29, 0.717) is 5.41 Å². The number of rotatable bonds is 7. The lowest BCUT2D eigenvalue weighted by molar-refractivity contribution is 0.120. The van der Waals surface area contributed by atoms with Crippen LogP contribution in [0.2, 0.25) is 0 Å². The number of hydrogen-bond donors (Lipinski definition) is 1. The minimum absolute atomic E-state index is 0.241. The van der Waals surface area contributed by atoms with Gasteiger partial charge in [-0.05, 0) is 23.8 Å². The minimum atomic E-state index is 0.241. The van der Waals surface area contributed by atoms with E-state index in [2.05, 4.69) is 51.2 Å². The molecule has 0 spiro atoms. The van der Waals surface area contributed by atoms with Crippen molar-refractivity contribution in [2.24, 2.45) is 5.41 Å². The van der Waals surface area contributed by atoms with E-state index >= 15 is 0 Å². The van der Waals surface area contributed by atoms with Gasteiger partial charge in [0.25, 0.3) is 0 Å². The van der Waals surface area contributed by atoms with Gasteiger partial charge in [0, 0.05) is 25.0 Å². The zero-order chi connectivity index (χ0) is 15.0. The summed E-state index contributed by atoms with van der Waals surface area (Å²) in [7, 11) is 0. The molecule has 0 aliphatic heterocycles. The van der Waals surface area contributed by atoms with E-state index in [0.717, 1.165) is 25.0 Å². The number of aliphatic hydroxyl groups is 1. The van der Waals surface area contributed by atoms with Crippen LogP contribution in [0, 0.1) is 5.41 Å². The van der Waals surface area contributed by atoms with E-state index in [-0.39, 0.29) is 6.61 Å². The van der Waals surface area contributed by atoms with Crippen molar-refractivity contribution in [3.63, 3.8) is 0 Å². The van der Waals surface area contributed by atoms with E-state index in [4.69, 9.17) is 0 Å². The molecule has 1 aliphatic carbocycles. The predicted octanol–water partition coefficient (Wildman–Crippen LogP) is 4.22. The van der Waals surface area contributed by atoms with Crippen molar-refractivity contribution in [3.8, 4) is 0 Å². The Morgan fingerprint density at radius 1 is 1.05 bits per heavy atom. The second kappa shape index (κ2) is 8.92. The van der Waals surface area contributed by atoms with Crippen molar-refractivity contribution in [2.45, 2.75) is 45.1 Å². The third kappa shape index (κ3) is 5.39. The highest BCUT2D eigenvalue weighted by Gasteiger charge is 2.31. The summed E-state index contributed by atoms with van der Waals surface area (Å²) in [6.45, 7) is 3.04. The summed E-state index contributed by atoms with van der Waals surface area (Å²) in [5.41, 5.74) is 1.73. The predicted molar refractivity (Wildman–Crippen MR) is 92.7 cm³/mol. The summed E-state index contributed by atoms with van der Waals surface area (Å²) < 4.78 is 0. The summed E-state index contributed by atoms with van der Waals surface area (Å²) >= 11 is 3.78. The van der Waals surface area contributed by atoms with Gasteiger partial charge < -0.3 is 5.11 Å². The monoisotopic (exact) mass is 353 g/mol. The van der Waals surface area contributed by atoms with E-state index in [1.807, 2.05) is 0 Å². The van der Waals surface area contributed by atoms with Crippen molar-refractivity contribution < 1.29 is 5.11 Å². The van der Waals surface area contributed by atoms with Gasteiger partial charge in [0.1, 0.15) is 0 Å². The third-order valence-electron chi connectivity index (χ3n) is 4.67. The summed E-state index contributed by atoms with van der Waals surface area (Å²) in [5, 5.41) is 10.5. The van der Waals surface area contributed by atoms with Crippen LogP contribution < -0.4 is 0 Å². The van der Waals surface area contributed by atoms with Gasteiger partial charge in [-0.2, -0.15) is 0 Å². The van der Waals surface area contributed by atoms with Gasteiger partial charge in [-0.1, -0.05) is 71.9 Å². The molecular formula is C18H28BrNO. The lowest BCUT2D eigenvalue weighted by atomic mass is 9.82. The van der Waals surface area contributed by atoms with E-state index in [1.165, 1.54) is 44.1 Å². The summed E-state index contributed by atoms with van der Waals surface area (Å²) in [6, 6.07) is 10.6. The number of alkyl halides is 1. The number of aliphatic hydroxyl groups excluding tert-OH is 1. The fourth-order valence-corrected chi connectivity index (χ4v) is 4.22. The Morgan fingerprint density at radius 2 is 1.71 bits per heavy atom. The molecule has 0 saturated heterocycles. The van der Waals surface area contributed by atoms with Crippen molar-refractivity contribution >= 4 is 15.9 Å². The van der Waals surface area contributed by atoms with Gasteiger partial charge in [-0.15, -0.1) is 0 Å². The zero-order valence-corrected chi connectivity index (χ0v) is 14.5. The molecule has 0 amide bonds. The Labute approximate surface area is 137 Å². The number of nitrogens with zero attached hydrogens (tertiary/aromatic N) is 1.